The van der Waals surface area contributed by atoms with Crippen molar-refractivity contribution < 1.29 is 9.47 Å². The van der Waals surface area contributed by atoms with Crippen molar-refractivity contribution in [1.29, 1.82) is 0 Å². The number of thiocarbonyl (C=S) groups is 1. The molecule has 0 bridgehead atoms. The summed E-state index contributed by atoms with van der Waals surface area (Å²) in [6.07, 6.45) is 0. The number of rotatable bonds is 11. The average Bonchev–Trinajstić information content (AvgIpc) is 2.88. The fourth-order valence-corrected chi connectivity index (χ4v) is 4.39. The molecule has 2 N–H and O–H groups in total. The van der Waals surface area contributed by atoms with E-state index in [2.05, 4.69) is 53.0 Å². The number of ether oxygens (including phenoxy) is 2. The first-order valence-electron chi connectivity index (χ1n) is 12.0. The monoisotopic (exact) mass is 496 g/mol. The molecule has 0 aliphatic rings. The Labute approximate surface area is 213 Å². The Balaban J connectivity index is 1.88. The van der Waals surface area contributed by atoms with Crippen LogP contribution < -0.4 is 20.3 Å². The molecule has 188 valence electrons. The van der Waals surface area contributed by atoms with Gasteiger partial charge in [0.05, 0.1) is 32.3 Å². The number of nitrogens with one attached hydrogen (secondary N) is 2. The maximum Gasteiger partial charge on any atom is 0.253 e. The molecule has 35 heavy (non-hydrogen) atoms. The van der Waals surface area contributed by atoms with E-state index in [1.807, 2.05) is 30.3 Å². The van der Waals surface area contributed by atoms with Gasteiger partial charge in [0.15, 0.2) is 16.6 Å². The second kappa shape index (κ2) is 12.6. The second-order valence-electron chi connectivity index (χ2n) is 8.45. The van der Waals surface area contributed by atoms with E-state index in [4.69, 9.17) is 21.7 Å². The van der Waals surface area contributed by atoms with Crippen LogP contribution >= 0.6 is 12.2 Å². The number of aromatic nitrogens is 1. The highest BCUT2D eigenvalue weighted by molar-refractivity contribution is 7.80. The first-order chi connectivity index (χ1) is 16.9. The van der Waals surface area contributed by atoms with Gasteiger partial charge in [-0.3, -0.25) is 4.79 Å². The molecule has 0 spiro atoms. The average molecular weight is 497 g/mol. The molecule has 8 heteroatoms. The van der Waals surface area contributed by atoms with E-state index in [0.29, 0.717) is 40.8 Å². The SMILES string of the molecule is CCN(CC)CCN(Cc1cc2cc(OC)c(OC)cc2[nH]c1=O)C(=S)N[C@H](C)c1ccccc1. The molecular formula is C27H36N4O3S. The lowest BCUT2D eigenvalue weighted by atomic mass is 10.1. The summed E-state index contributed by atoms with van der Waals surface area (Å²) < 4.78 is 10.8. The van der Waals surface area contributed by atoms with Gasteiger partial charge in [-0.05, 0) is 49.9 Å². The van der Waals surface area contributed by atoms with Crippen molar-refractivity contribution in [3.63, 3.8) is 0 Å². The van der Waals surface area contributed by atoms with Crippen LogP contribution in [-0.2, 0) is 6.54 Å². The largest absolute Gasteiger partial charge is 0.493 e. The van der Waals surface area contributed by atoms with Crippen molar-refractivity contribution in [2.24, 2.45) is 0 Å². The highest BCUT2D eigenvalue weighted by Crippen LogP contribution is 2.31. The summed E-state index contributed by atoms with van der Waals surface area (Å²) in [5, 5.41) is 4.95. The molecule has 3 rings (SSSR count). The molecule has 0 saturated heterocycles. The Bertz CT molecular complexity index is 1180. The molecule has 1 heterocycles. The first-order valence-corrected chi connectivity index (χ1v) is 12.4. The summed E-state index contributed by atoms with van der Waals surface area (Å²) in [4.78, 5) is 20.4. The third kappa shape index (κ3) is 6.74. The molecule has 0 fully saturated rings. The fraction of sp³-hybridized carbons (Fsp3) is 0.407. The van der Waals surface area contributed by atoms with Crippen LogP contribution in [0.25, 0.3) is 10.9 Å². The van der Waals surface area contributed by atoms with Gasteiger partial charge in [0.1, 0.15) is 0 Å². The second-order valence-corrected chi connectivity index (χ2v) is 8.84. The quantitative estimate of drug-likeness (QED) is 0.383. The van der Waals surface area contributed by atoms with Crippen molar-refractivity contribution >= 4 is 28.2 Å². The minimum Gasteiger partial charge on any atom is -0.493 e. The predicted octanol–water partition coefficient (Wildman–Crippen LogP) is 4.32. The summed E-state index contributed by atoms with van der Waals surface area (Å²) >= 11 is 5.83. The van der Waals surface area contributed by atoms with Crippen LogP contribution in [0.4, 0.5) is 0 Å². The molecule has 2 aromatic carbocycles. The molecule has 0 amide bonds. The molecule has 0 saturated carbocycles. The summed E-state index contributed by atoms with van der Waals surface area (Å²) in [7, 11) is 3.18. The lowest BCUT2D eigenvalue weighted by molar-refractivity contribution is 0.262. The minimum absolute atomic E-state index is 0.0475. The van der Waals surface area contributed by atoms with E-state index in [1.54, 1.807) is 20.3 Å². The molecule has 1 atom stereocenters. The summed E-state index contributed by atoms with van der Waals surface area (Å²) in [6, 6.07) is 15.8. The third-order valence-corrected chi connectivity index (χ3v) is 6.67. The number of hydrogen-bond acceptors (Lipinski definition) is 5. The predicted molar refractivity (Wildman–Crippen MR) is 146 cm³/mol. The molecular weight excluding hydrogens is 460 g/mol. The van der Waals surface area contributed by atoms with Crippen LogP contribution in [0, 0.1) is 0 Å². The van der Waals surface area contributed by atoms with Crippen LogP contribution in [0.3, 0.4) is 0 Å². The van der Waals surface area contributed by atoms with E-state index < -0.39 is 0 Å². The van der Waals surface area contributed by atoms with Crippen molar-refractivity contribution in [3.05, 3.63) is 70.0 Å². The molecule has 0 unspecified atom stereocenters. The maximum atomic E-state index is 13.0. The highest BCUT2D eigenvalue weighted by Gasteiger charge is 2.17. The first kappa shape index (κ1) is 26.5. The van der Waals surface area contributed by atoms with Crippen molar-refractivity contribution in [2.75, 3.05) is 40.4 Å². The Hall–Kier alpha value is -3.10. The van der Waals surface area contributed by atoms with Crippen molar-refractivity contribution in [3.8, 4) is 11.5 Å². The van der Waals surface area contributed by atoms with Crippen LogP contribution in [0.1, 0.15) is 37.9 Å². The zero-order valence-electron chi connectivity index (χ0n) is 21.3. The molecule has 0 aliphatic carbocycles. The molecule has 0 aliphatic heterocycles. The van der Waals surface area contributed by atoms with Gasteiger partial charge in [0.2, 0.25) is 0 Å². The van der Waals surface area contributed by atoms with Gasteiger partial charge in [0, 0.05) is 30.1 Å². The van der Waals surface area contributed by atoms with Gasteiger partial charge in [-0.15, -0.1) is 0 Å². The van der Waals surface area contributed by atoms with Crippen LogP contribution in [0.2, 0.25) is 0 Å². The van der Waals surface area contributed by atoms with Gasteiger partial charge >= 0.3 is 0 Å². The fourth-order valence-electron chi connectivity index (χ4n) is 4.06. The lowest BCUT2D eigenvalue weighted by Crippen LogP contribution is -2.44. The Morgan fingerprint density at radius 1 is 1.03 bits per heavy atom. The lowest BCUT2D eigenvalue weighted by Gasteiger charge is -2.30. The van der Waals surface area contributed by atoms with Gasteiger partial charge in [0.25, 0.3) is 5.56 Å². The smallest absolute Gasteiger partial charge is 0.253 e. The van der Waals surface area contributed by atoms with Crippen LogP contribution in [0.15, 0.2) is 53.3 Å². The summed E-state index contributed by atoms with van der Waals surface area (Å²) in [5.74, 6) is 1.19. The number of benzene rings is 2. The van der Waals surface area contributed by atoms with Gasteiger partial charge < -0.3 is 29.6 Å². The van der Waals surface area contributed by atoms with Crippen molar-refractivity contribution in [1.82, 2.24) is 20.1 Å². The van der Waals surface area contributed by atoms with Crippen LogP contribution in [0.5, 0.6) is 11.5 Å². The Morgan fingerprint density at radius 3 is 2.31 bits per heavy atom. The van der Waals surface area contributed by atoms with E-state index >= 15 is 0 Å². The van der Waals surface area contributed by atoms with E-state index in [9.17, 15) is 4.79 Å². The van der Waals surface area contributed by atoms with Gasteiger partial charge in [-0.2, -0.15) is 0 Å². The van der Waals surface area contributed by atoms with Crippen molar-refractivity contribution in [2.45, 2.75) is 33.4 Å². The van der Waals surface area contributed by atoms with E-state index in [1.165, 1.54) is 0 Å². The summed E-state index contributed by atoms with van der Waals surface area (Å²) in [6.45, 7) is 10.3. The van der Waals surface area contributed by atoms with Gasteiger partial charge in [-0.1, -0.05) is 44.2 Å². The number of aromatic amines is 1. The normalized spacial score (nSPS) is 11.9. The zero-order chi connectivity index (χ0) is 25.4. The third-order valence-electron chi connectivity index (χ3n) is 6.29. The number of hydrogen-bond donors (Lipinski definition) is 2. The number of nitrogens with zero attached hydrogens (tertiary/aromatic N) is 2. The highest BCUT2D eigenvalue weighted by atomic mass is 32.1. The Morgan fingerprint density at radius 2 is 1.69 bits per heavy atom. The number of likely N-dealkylation sites (N-methyl/N-ethyl adjacent to an activating group) is 1. The molecule has 3 aromatic rings. The Kier molecular flexibility index (Phi) is 9.51. The molecule has 0 radical (unpaired) electrons. The summed E-state index contributed by atoms with van der Waals surface area (Å²) in [5.41, 5.74) is 2.35. The number of fused-ring (bicyclic) bond motifs is 1. The molecule has 1 aromatic heterocycles. The van der Waals surface area contributed by atoms with Crippen LogP contribution in [-0.4, -0.2) is 60.3 Å². The maximum absolute atomic E-state index is 13.0. The minimum atomic E-state index is -0.142. The van der Waals surface area contributed by atoms with E-state index in [0.717, 1.165) is 30.6 Å². The number of H-pyrrole nitrogens is 1. The topological polar surface area (TPSA) is 69.8 Å². The van der Waals surface area contributed by atoms with Gasteiger partial charge in [-0.25, -0.2) is 0 Å². The van der Waals surface area contributed by atoms with E-state index in [-0.39, 0.29) is 11.6 Å². The number of pyridine rings is 1. The standard InChI is InChI=1S/C27H36N4O3S/c1-6-30(7-2)13-14-31(27(35)28-19(3)20-11-9-8-10-12-20)18-22-15-21-16-24(33-4)25(34-5)17-23(21)29-26(22)32/h8-12,15-17,19H,6-7,13-14,18H2,1-5H3,(H,28,35)(H,29,32)/t19-/m1/s1. The zero-order valence-corrected chi connectivity index (χ0v) is 22.1. The number of methoxy groups -OCH3 is 2. The molecule has 7 nitrogen and oxygen atoms in total.